The number of likely N-dealkylation sites (tertiary alicyclic amines) is 1. The zero-order valence-electron chi connectivity index (χ0n) is 10.2. The summed E-state index contributed by atoms with van der Waals surface area (Å²) in [5.41, 5.74) is -0.618. The first kappa shape index (κ1) is 12.7. The highest BCUT2D eigenvalue weighted by atomic mass is 32.2. The van der Waals surface area contributed by atoms with E-state index in [0.717, 1.165) is 44.5 Å². The summed E-state index contributed by atoms with van der Waals surface area (Å²) in [7, 11) is 2.05. The van der Waals surface area contributed by atoms with Crippen LogP contribution in [0.3, 0.4) is 0 Å². The van der Waals surface area contributed by atoms with Crippen molar-refractivity contribution >= 4 is 17.7 Å². The van der Waals surface area contributed by atoms with E-state index in [-0.39, 0.29) is 11.2 Å². The van der Waals surface area contributed by atoms with Crippen molar-refractivity contribution < 1.29 is 4.79 Å². The summed E-state index contributed by atoms with van der Waals surface area (Å²) in [5, 5.41) is 12.4. The van der Waals surface area contributed by atoms with Gasteiger partial charge < -0.3 is 10.2 Å². The van der Waals surface area contributed by atoms with Gasteiger partial charge in [0.1, 0.15) is 5.54 Å². The highest BCUT2D eigenvalue weighted by Crippen LogP contribution is 2.28. The van der Waals surface area contributed by atoms with Crippen molar-refractivity contribution in [2.24, 2.45) is 0 Å². The lowest BCUT2D eigenvalue weighted by Gasteiger charge is -2.36. The van der Waals surface area contributed by atoms with Gasteiger partial charge in [-0.25, -0.2) is 0 Å². The molecule has 0 radical (unpaired) electrons. The summed E-state index contributed by atoms with van der Waals surface area (Å²) in [5.74, 6) is 1.14. The van der Waals surface area contributed by atoms with Crippen molar-refractivity contribution in [3.05, 3.63) is 0 Å². The predicted molar refractivity (Wildman–Crippen MR) is 68.7 cm³/mol. The van der Waals surface area contributed by atoms with Gasteiger partial charge in [-0.1, -0.05) is 0 Å². The van der Waals surface area contributed by atoms with E-state index >= 15 is 0 Å². The van der Waals surface area contributed by atoms with Crippen LogP contribution in [0.1, 0.15) is 25.7 Å². The Morgan fingerprint density at radius 3 is 2.76 bits per heavy atom. The summed E-state index contributed by atoms with van der Waals surface area (Å²) < 4.78 is 0. The van der Waals surface area contributed by atoms with Gasteiger partial charge in [-0.3, -0.25) is 4.79 Å². The topological polar surface area (TPSA) is 56.1 Å². The van der Waals surface area contributed by atoms with Crippen LogP contribution >= 0.6 is 11.8 Å². The van der Waals surface area contributed by atoms with Gasteiger partial charge >= 0.3 is 0 Å². The van der Waals surface area contributed by atoms with Gasteiger partial charge in [-0.2, -0.15) is 5.26 Å². The molecule has 1 amide bonds. The molecule has 2 fully saturated rings. The average Bonchev–Trinajstić information content (AvgIpc) is 2.86. The molecule has 0 aromatic carbocycles. The Labute approximate surface area is 107 Å². The van der Waals surface area contributed by atoms with Crippen molar-refractivity contribution in [2.75, 3.05) is 25.9 Å². The molecular weight excluding hydrogens is 234 g/mol. The van der Waals surface area contributed by atoms with Crippen LogP contribution in [0.25, 0.3) is 0 Å². The number of thioether (sulfide) groups is 1. The van der Waals surface area contributed by atoms with Gasteiger partial charge in [-0.15, -0.1) is 11.8 Å². The minimum Gasteiger partial charge on any atom is -0.337 e. The lowest BCUT2D eigenvalue weighted by Crippen LogP contribution is -2.55. The Morgan fingerprint density at radius 2 is 2.24 bits per heavy atom. The summed E-state index contributed by atoms with van der Waals surface area (Å²) in [4.78, 5) is 14.3. The fourth-order valence-electron chi connectivity index (χ4n) is 2.37. The summed E-state index contributed by atoms with van der Waals surface area (Å²) >= 11 is 1.72. The number of amides is 1. The number of nitrogens with one attached hydrogen (secondary N) is 1. The van der Waals surface area contributed by atoms with E-state index in [0.29, 0.717) is 0 Å². The first-order valence-electron chi connectivity index (χ1n) is 6.19. The van der Waals surface area contributed by atoms with Crippen molar-refractivity contribution in [3.63, 3.8) is 0 Å². The normalized spacial score (nSPS) is 28.6. The molecule has 0 aromatic heterocycles. The first-order chi connectivity index (χ1) is 8.15. The molecule has 2 saturated heterocycles. The summed E-state index contributed by atoms with van der Waals surface area (Å²) in [6, 6.07) is 2.32. The van der Waals surface area contributed by atoms with Crippen LogP contribution < -0.4 is 5.32 Å². The maximum absolute atomic E-state index is 12.1. The zero-order chi connectivity index (χ0) is 12.3. The Bertz CT molecular complexity index is 325. The molecule has 2 aliphatic heterocycles. The monoisotopic (exact) mass is 253 g/mol. The van der Waals surface area contributed by atoms with Crippen molar-refractivity contribution in [3.8, 4) is 6.07 Å². The molecule has 0 aliphatic carbocycles. The van der Waals surface area contributed by atoms with Crippen molar-refractivity contribution in [2.45, 2.75) is 36.5 Å². The largest absolute Gasteiger partial charge is 0.337 e. The second kappa shape index (κ2) is 5.28. The maximum Gasteiger partial charge on any atom is 0.234 e. The van der Waals surface area contributed by atoms with Crippen LogP contribution in [-0.4, -0.2) is 47.5 Å². The standard InChI is InChI=1S/C12H19N3OS/c1-15-6-4-12(9-13,5-7-15)14-11(16)10-3-2-8-17-10/h10H,2-8H2,1H3,(H,14,16). The van der Waals surface area contributed by atoms with Gasteiger partial charge in [0.15, 0.2) is 0 Å². The Balaban J connectivity index is 1.95. The predicted octanol–water partition coefficient (Wildman–Crippen LogP) is 0.986. The molecule has 0 aromatic rings. The van der Waals surface area contributed by atoms with Crippen LogP contribution in [0, 0.1) is 11.3 Å². The number of piperidine rings is 1. The number of carbonyl (C=O) groups is 1. The number of nitriles is 1. The van der Waals surface area contributed by atoms with Crippen molar-refractivity contribution in [1.82, 2.24) is 10.2 Å². The molecule has 0 saturated carbocycles. The third-order valence-corrected chi connectivity index (χ3v) is 5.02. The van der Waals surface area contributed by atoms with Crippen LogP contribution in [0.15, 0.2) is 0 Å². The van der Waals surface area contributed by atoms with Crippen LogP contribution in [-0.2, 0) is 4.79 Å². The van der Waals surface area contributed by atoms with Gasteiger partial charge in [-0.05, 0) is 38.5 Å². The average molecular weight is 253 g/mol. The van der Waals surface area contributed by atoms with Gasteiger partial charge in [0.2, 0.25) is 5.91 Å². The van der Waals surface area contributed by atoms with E-state index < -0.39 is 5.54 Å². The van der Waals surface area contributed by atoms with E-state index in [1.807, 2.05) is 0 Å². The van der Waals surface area contributed by atoms with Crippen molar-refractivity contribution in [1.29, 1.82) is 5.26 Å². The van der Waals surface area contributed by atoms with Gasteiger partial charge in [0.05, 0.1) is 11.3 Å². The number of hydrogen-bond acceptors (Lipinski definition) is 4. The third kappa shape index (κ3) is 2.93. The quantitative estimate of drug-likeness (QED) is 0.797. The molecule has 2 rings (SSSR count). The van der Waals surface area contributed by atoms with E-state index in [1.54, 1.807) is 11.8 Å². The fourth-order valence-corrected chi connectivity index (χ4v) is 3.53. The molecule has 2 heterocycles. The first-order valence-corrected chi connectivity index (χ1v) is 7.23. The highest BCUT2D eigenvalue weighted by Gasteiger charge is 2.37. The third-order valence-electron chi connectivity index (χ3n) is 3.64. The molecule has 1 N–H and O–H groups in total. The highest BCUT2D eigenvalue weighted by molar-refractivity contribution is 8.00. The number of carbonyl (C=O) groups excluding carboxylic acids is 1. The maximum atomic E-state index is 12.1. The second-order valence-electron chi connectivity index (χ2n) is 4.99. The van der Waals surface area contributed by atoms with Gasteiger partial charge in [0.25, 0.3) is 0 Å². The Kier molecular flexibility index (Phi) is 3.95. The molecule has 5 heteroatoms. The Hall–Kier alpha value is -0.730. The molecule has 94 valence electrons. The summed E-state index contributed by atoms with van der Waals surface area (Å²) in [6.45, 7) is 1.76. The molecule has 0 bridgehead atoms. The molecule has 4 nitrogen and oxygen atoms in total. The Morgan fingerprint density at radius 1 is 1.53 bits per heavy atom. The van der Waals surface area contributed by atoms with Crippen LogP contribution in [0.2, 0.25) is 0 Å². The molecular formula is C12H19N3OS. The minimum absolute atomic E-state index is 0.0682. The lowest BCUT2D eigenvalue weighted by atomic mass is 9.89. The molecule has 1 unspecified atom stereocenters. The zero-order valence-corrected chi connectivity index (χ0v) is 11.1. The molecule has 2 aliphatic rings. The van der Waals surface area contributed by atoms with E-state index in [1.165, 1.54) is 0 Å². The smallest absolute Gasteiger partial charge is 0.234 e. The lowest BCUT2D eigenvalue weighted by molar-refractivity contribution is -0.122. The molecule has 17 heavy (non-hydrogen) atoms. The van der Waals surface area contributed by atoms with E-state index in [4.69, 9.17) is 0 Å². The van der Waals surface area contributed by atoms with E-state index in [2.05, 4.69) is 23.3 Å². The van der Waals surface area contributed by atoms with Crippen LogP contribution in [0.5, 0.6) is 0 Å². The minimum atomic E-state index is -0.618. The number of nitrogens with zero attached hydrogens (tertiary/aromatic N) is 2. The van der Waals surface area contributed by atoms with Gasteiger partial charge in [0, 0.05) is 13.1 Å². The number of hydrogen-bond donors (Lipinski definition) is 1. The number of rotatable bonds is 2. The molecule has 1 atom stereocenters. The SMILES string of the molecule is CN1CCC(C#N)(NC(=O)C2CCCS2)CC1. The summed E-state index contributed by atoms with van der Waals surface area (Å²) in [6.07, 6.45) is 3.55. The molecule has 0 spiro atoms. The fraction of sp³-hybridized carbons (Fsp3) is 0.833. The van der Waals surface area contributed by atoms with E-state index in [9.17, 15) is 10.1 Å². The van der Waals surface area contributed by atoms with Crippen LogP contribution in [0.4, 0.5) is 0 Å². The second-order valence-corrected chi connectivity index (χ2v) is 6.30.